The van der Waals surface area contributed by atoms with Gasteiger partial charge >= 0.3 is 0 Å². The molecular weight excluding hydrogens is 320 g/mol. The molecule has 1 fully saturated rings. The summed E-state index contributed by atoms with van der Waals surface area (Å²) in [5.41, 5.74) is 7.38. The van der Waals surface area contributed by atoms with Crippen molar-refractivity contribution in [3.05, 3.63) is 38.3 Å². The van der Waals surface area contributed by atoms with E-state index >= 15 is 0 Å². The van der Waals surface area contributed by atoms with E-state index in [0.717, 1.165) is 30.7 Å². The van der Waals surface area contributed by atoms with Crippen LogP contribution >= 0.6 is 15.9 Å². The van der Waals surface area contributed by atoms with Crippen LogP contribution in [0.3, 0.4) is 0 Å². The zero-order valence-corrected chi connectivity index (χ0v) is 13.3. The SMILES string of the molecule is CCC1CCC(N)C(Cc2cccc([N+](=O)[O-])c2Br)C1. The van der Waals surface area contributed by atoms with Gasteiger partial charge in [-0.1, -0.05) is 25.5 Å². The van der Waals surface area contributed by atoms with Gasteiger partial charge in [-0.15, -0.1) is 0 Å². The lowest BCUT2D eigenvalue weighted by Gasteiger charge is -2.34. The lowest BCUT2D eigenvalue weighted by atomic mass is 9.75. The Labute approximate surface area is 128 Å². The van der Waals surface area contributed by atoms with Crippen molar-refractivity contribution in [2.75, 3.05) is 0 Å². The van der Waals surface area contributed by atoms with Crippen molar-refractivity contribution < 1.29 is 4.92 Å². The van der Waals surface area contributed by atoms with E-state index in [1.807, 2.05) is 6.07 Å². The average Bonchev–Trinajstić information content (AvgIpc) is 2.43. The van der Waals surface area contributed by atoms with Crippen LogP contribution in [0.5, 0.6) is 0 Å². The summed E-state index contributed by atoms with van der Waals surface area (Å²) in [4.78, 5) is 10.6. The smallest absolute Gasteiger partial charge is 0.283 e. The molecule has 0 heterocycles. The molecule has 1 aliphatic rings. The normalized spacial score (nSPS) is 26.4. The van der Waals surface area contributed by atoms with E-state index in [2.05, 4.69) is 22.9 Å². The lowest BCUT2D eigenvalue weighted by Crippen LogP contribution is -2.37. The highest BCUT2D eigenvalue weighted by molar-refractivity contribution is 9.10. The van der Waals surface area contributed by atoms with Crippen molar-refractivity contribution in [3.8, 4) is 0 Å². The fourth-order valence-corrected chi connectivity index (χ4v) is 3.71. The minimum absolute atomic E-state index is 0.138. The van der Waals surface area contributed by atoms with Crippen LogP contribution in [0.25, 0.3) is 0 Å². The molecule has 3 atom stereocenters. The Balaban J connectivity index is 2.16. The Morgan fingerprint density at radius 2 is 2.20 bits per heavy atom. The Hall–Kier alpha value is -0.940. The predicted octanol–water partition coefficient (Wildman–Crippen LogP) is 4.05. The summed E-state index contributed by atoms with van der Waals surface area (Å²) in [7, 11) is 0. The van der Waals surface area contributed by atoms with Gasteiger partial charge in [0.1, 0.15) is 0 Å². The van der Waals surface area contributed by atoms with Crippen molar-refractivity contribution in [2.24, 2.45) is 17.6 Å². The quantitative estimate of drug-likeness (QED) is 0.663. The average molecular weight is 341 g/mol. The summed E-state index contributed by atoms with van der Waals surface area (Å²) in [6.45, 7) is 2.22. The van der Waals surface area contributed by atoms with Gasteiger partial charge in [-0.05, 0) is 59.0 Å². The van der Waals surface area contributed by atoms with Crippen LogP contribution in [-0.2, 0) is 6.42 Å². The van der Waals surface area contributed by atoms with Gasteiger partial charge in [0, 0.05) is 12.1 Å². The third-order valence-corrected chi connectivity index (χ3v) is 5.38. The fourth-order valence-electron chi connectivity index (χ4n) is 3.14. The fraction of sp³-hybridized carbons (Fsp3) is 0.600. The first-order chi connectivity index (χ1) is 9.52. The zero-order valence-electron chi connectivity index (χ0n) is 11.7. The van der Waals surface area contributed by atoms with Crippen molar-refractivity contribution >= 4 is 21.6 Å². The number of hydrogen-bond donors (Lipinski definition) is 1. The number of nitrogens with two attached hydrogens (primary N) is 1. The molecular formula is C15H21BrN2O2. The first kappa shape index (κ1) is 15.4. The molecule has 110 valence electrons. The Morgan fingerprint density at radius 1 is 1.45 bits per heavy atom. The summed E-state index contributed by atoms with van der Waals surface area (Å²) < 4.78 is 0.607. The molecule has 4 nitrogen and oxygen atoms in total. The molecule has 5 heteroatoms. The van der Waals surface area contributed by atoms with E-state index in [4.69, 9.17) is 5.73 Å². The Bertz CT molecular complexity index is 493. The Kier molecular flexibility index (Phi) is 5.16. The first-order valence-electron chi connectivity index (χ1n) is 7.20. The summed E-state index contributed by atoms with van der Waals surface area (Å²) >= 11 is 3.38. The van der Waals surface area contributed by atoms with Gasteiger partial charge in [-0.3, -0.25) is 10.1 Å². The molecule has 0 radical (unpaired) electrons. The van der Waals surface area contributed by atoms with Crippen LogP contribution in [0.1, 0.15) is 38.2 Å². The van der Waals surface area contributed by atoms with Gasteiger partial charge in [0.05, 0.1) is 9.40 Å². The third-order valence-electron chi connectivity index (χ3n) is 4.46. The van der Waals surface area contributed by atoms with Crippen LogP contribution in [0.15, 0.2) is 22.7 Å². The van der Waals surface area contributed by atoms with Crippen LogP contribution < -0.4 is 5.73 Å². The van der Waals surface area contributed by atoms with Crippen LogP contribution in [0, 0.1) is 22.0 Å². The summed E-state index contributed by atoms with van der Waals surface area (Å²) in [5.74, 6) is 1.17. The maximum Gasteiger partial charge on any atom is 0.283 e. The van der Waals surface area contributed by atoms with Gasteiger partial charge in [0.25, 0.3) is 5.69 Å². The second-order valence-electron chi connectivity index (χ2n) is 5.72. The molecule has 1 aromatic carbocycles. The zero-order chi connectivity index (χ0) is 14.7. The predicted molar refractivity (Wildman–Crippen MR) is 83.6 cm³/mol. The van der Waals surface area contributed by atoms with Crippen LogP contribution in [0.4, 0.5) is 5.69 Å². The Morgan fingerprint density at radius 3 is 2.85 bits per heavy atom. The number of nitro benzene ring substituents is 1. The van der Waals surface area contributed by atoms with E-state index in [0.29, 0.717) is 10.4 Å². The van der Waals surface area contributed by atoms with Gasteiger partial charge in [-0.2, -0.15) is 0 Å². The number of rotatable bonds is 4. The molecule has 0 bridgehead atoms. The van der Waals surface area contributed by atoms with Gasteiger partial charge in [0.15, 0.2) is 0 Å². The number of nitro groups is 1. The van der Waals surface area contributed by atoms with E-state index < -0.39 is 0 Å². The second kappa shape index (κ2) is 6.68. The molecule has 1 saturated carbocycles. The highest BCUT2D eigenvalue weighted by Crippen LogP contribution is 2.36. The monoisotopic (exact) mass is 340 g/mol. The first-order valence-corrected chi connectivity index (χ1v) is 7.99. The summed E-state index contributed by atoms with van der Waals surface area (Å²) in [6.07, 6.45) is 5.42. The molecule has 0 spiro atoms. The maximum absolute atomic E-state index is 11.0. The molecule has 1 aromatic rings. The van der Waals surface area contributed by atoms with Crippen molar-refractivity contribution in [1.82, 2.24) is 0 Å². The van der Waals surface area contributed by atoms with Gasteiger partial charge < -0.3 is 5.73 Å². The van der Waals surface area contributed by atoms with Crippen molar-refractivity contribution in [1.29, 1.82) is 0 Å². The maximum atomic E-state index is 11.0. The van der Waals surface area contributed by atoms with Crippen LogP contribution in [0.2, 0.25) is 0 Å². The molecule has 20 heavy (non-hydrogen) atoms. The van der Waals surface area contributed by atoms with Crippen molar-refractivity contribution in [3.63, 3.8) is 0 Å². The molecule has 0 amide bonds. The van der Waals surface area contributed by atoms with E-state index in [9.17, 15) is 10.1 Å². The van der Waals surface area contributed by atoms with E-state index in [1.54, 1.807) is 6.07 Å². The number of benzene rings is 1. The second-order valence-corrected chi connectivity index (χ2v) is 6.52. The van der Waals surface area contributed by atoms with E-state index in [-0.39, 0.29) is 16.7 Å². The van der Waals surface area contributed by atoms with Crippen molar-refractivity contribution in [2.45, 2.75) is 45.1 Å². The standard InChI is InChI=1S/C15H21BrN2O2/c1-2-10-6-7-13(17)12(8-10)9-11-4-3-5-14(15(11)16)18(19)20/h3-5,10,12-13H,2,6-9,17H2,1H3. The minimum atomic E-state index is -0.344. The molecule has 2 N–H and O–H groups in total. The molecule has 0 aromatic heterocycles. The molecule has 0 saturated heterocycles. The van der Waals surface area contributed by atoms with E-state index in [1.165, 1.54) is 18.9 Å². The van der Waals surface area contributed by atoms with Gasteiger partial charge in [0.2, 0.25) is 0 Å². The lowest BCUT2D eigenvalue weighted by molar-refractivity contribution is -0.385. The summed E-state index contributed by atoms with van der Waals surface area (Å²) in [5, 5.41) is 11.0. The summed E-state index contributed by atoms with van der Waals surface area (Å²) in [6, 6.07) is 5.45. The highest BCUT2D eigenvalue weighted by Gasteiger charge is 2.28. The molecule has 0 aliphatic heterocycles. The number of halogens is 1. The molecule has 3 unspecified atom stereocenters. The van der Waals surface area contributed by atoms with Crippen LogP contribution in [-0.4, -0.2) is 11.0 Å². The van der Waals surface area contributed by atoms with Gasteiger partial charge in [-0.25, -0.2) is 0 Å². The number of nitrogens with zero attached hydrogens (tertiary/aromatic N) is 1. The molecule has 1 aliphatic carbocycles. The molecule has 2 rings (SSSR count). The highest BCUT2D eigenvalue weighted by atomic mass is 79.9. The third kappa shape index (κ3) is 3.38. The number of hydrogen-bond acceptors (Lipinski definition) is 3. The topological polar surface area (TPSA) is 69.2 Å². The minimum Gasteiger partial charge on any atom is -0.327 e. The largest absolute Gasteiger partial charge is 0.327 e.